The number of hydrogen-bond donors (Lipinski definition) is 0. The fourth-order valence-electron chi connectivity index (χ4n) is 1.86. The Balaban J connectivity index is 0.000000293. The molecule has 0 aliphatic heterocycles. The molecule has 0 bridgehead atoms. The minimum atomic E-state index is 1.25. The molecule has 0 unspecified atom stereocenters. The molecule has 0 nitrogen and oxygen atoms in total. The Morgan fingerprint density at radius 2 is 1.57 bits per heavy atom. The van der Waals surface area contributed by atoms with Gasteiger partial charge in [0.1, 0.15) is 0 Å². The van der Waals surface area contributed by atoms with E-state index >= 15 is 0 Å². The first kappa shape index (κ1) is 11.3. The molecule has 2 rings (SSSR count). The first-order valence-corrected chi connectivity index (χ1v) is 5.86. The molecule has 0 saturated carbocycles. The number of hydrogen-bond acceptors (Lipinski definition) is 0. The average molecular weight is 190 g/mol. The van der Waals surface area contributed by atoms with Crippen molar-refractivity contribution in [2.45, 2.75) is 52.9 Å². The number of rotatable bonds is 0. The maximum atomic E-state index is 2.34. The van der Waals surface area contributed by atoms with Gasteiger partial charge in [-0.3, -0.25) is 0 Å². The van der Waals surface area contributed by atoms with Crippen molar-refractivity contribution in [1.82, 2.24) is 0 Å². The molecule has 78 valence electrons. The van der Waals surface area contributed by atoms with Gasteiger partial charge < -0.3 is 0 Å². The Bertz CT molecular complexity index is 273. The molecule has 1 aromatic rings. The zero-order valence-corrected chi connectivity index (χ0v) is 9.77. The van der Waals surface area contributed by atoms with Crippen molar-refractivity contribution in [3.05, 3.63) is 34.9 Å². The summed E-state index contributed by atoms with van der Waals surface area (Å²) in [5.41, 5.74) is 4.59. The predicted octanol–water partition coefficient (Wildman–Crippen LogP) is 4.29. The van der Waals surface area contributed by atoms with E-state index in [9.17, 15) is 0 Å². The summed E-state index contributed by atoms with van der Waals surface area (Å²) in [6.07, 6.45) is 6.62. The van der Waals surface area contributed by atoms with Gasteiger partial charge in [-0.25, -0.2) is 0 Å². The lowest BCUT2D eigenvalue weighted by molar-refractivity contribution is 0.685. The van der Waals surface area contributed by atoms with Gasteiger partial charge in [-0.1, -0.05) is 44.0 Å². The summed E-state index contributed by atoms with van der Waals surface area (Å²) in [5, 5.41) is 0. The van der Waals surface area contributed by atoms with Crippen LogP contribution in [0.4, 0.5) is 0 Å². The number of aryl methyl sites for hydroxylation is 3. The summed E-state index contributed by atoms with van der Waals surface area (Å²) >= 11 is 0. The van der Waals surface area contributed by atoms with Crippen molar-refractivity contribution >= 4 is 0 Å². The lowest BCUT2D eigenvalue weighted by atomic mass is 9.91. The molecule has 0 amide bonds. The van der Waals surface area contributed by atoms with Gasteiger partial charge in [-0.15, -0.1) is 0 Å². The van der Waals surface area contributed by atoms with Crippen LogP contribution in [0.2, 0.25) is 0 Å². The second-order valence-electron chi connectivity index (χ2n) is 4.19. The number of benzene rings is 1. The molecule has 0 fully saturated rings. The molecule has 0 heteroatoms. The van der Waals surface area contributed by atoms with E-state index in [0.29, 0.717) is 0 Å². The van der Waals surface area contributed by atoms with Crippen molar-refractivity contribution in [2.24, 2.45) is 0 Å². The van der Waals surface area contributed by atoms with E-state index in [1.54, 1.807) is 11.1 Å². The maximum Gasteiger partial charge on any atom is -0.0276 e. The molecular formula is C14H22. The lowest BCUT2D eigenvalue weighted by Crippen LogP contribution is -2.01. The van der Waals surface area contributed by atoms with Crippen LogP contribution in [0, 0.1) is 6.92 Å². The summed E-state index contributed by atoms with van der Waals surface area (Å²) in [7, 11) is 0. The van der Waals surface area contributed by atoms with Gasteiger partial charge in [-0.05, 0) is 43.7 Å². The van der Waals surface area contributed by atoms with Crippen LogP contribution in [0.5, 0.6) is 0 Å². The Kier molecular flexibility index (Phi) is 4.72. The summed E-state index contributed by atoms with van der Waals surface area (Å²) in [4.78, 5) is 0. The highest BCUT2D eigenvalue weighted by molar-refractivity contribution is 5.32. The monoisotopic (exact) mass is 190 g/mol. The zero-order valence-electron chi connectivity index (χ0n) is 9.77. The van der Waals surface area contributed by atoms with Gasteiger partial charge in [0.05, 0.1) is 0 Å². The fourth-order valence-corrected chi connectivity index (χ4v) is 1.86. The van der Waals surface area contributed by atoms with Gasteiger partial charge >= 0.3 is 0 Å². The molecule has 0 N–H and O–H groups in total. The second kappa shape index (κ2) is 5.85. The zero-order chi connectivity index (χ0) is 10.4. The average Bonchev–Trinajstić information content (AvgIpc) is 2.19. The van der Waals surface area contributed by atoms with Crippen molar-refractivity contribution in [3.63, 3.8) is 0 Å². The molecule has 14 heavy (non-hydrogen) atoms. The number of fused-ring (bicyclic) bond motifs is 1. The van der Waals surface area contributed by atoms with E-state index in [2.05, 4.69) is 39.0 Å². The van der Waals surface area contributed by atoms with Crippen LogP contribution < -0.4 is 0 Å². The molecular weight excluding hydrogens is 168 g/mol. The Morgan fingerprint density at radius 1 is 1.00 bits per heavy atom. The van der Waals surface area contributed by atoms with E-state index in [0.717, 1.165) is 0 Å². The largest absolute Gasteiger partial charge is 0.0656 e. The van der Waals surface area contributed by atoms with Gasteiger partial charge in [0, 0.05) is 0 Å². The smallest absolute Gasteiger partial charge is 0.0276 e. The highest BCUT2D eigenvalue weighted by atomic mass is 14.1. The minimum Gasteiger partial charge on any atom is -0.0656 e. The standard InChI is InChI=1S/C11H14.C3H8/c1-9-6-7-10-4-2-3-5-11(10)8-9;1-3-2/h6-8H,2-5H2,1H3;3H2,1-2H3. The topological polar surface area (TPSA) is 0 Å². The van der Waals surface area contributed by atoms with Crippen molar-refractivity contribution < 1.29 is 0 Å². The van der Waals surface area contributed by atoms with Gasteiger partial charge in [0.15, 0.2) is 0 Å². The normalized spacial score (nSPS) is 13.9. The van der Waals surface area contributed by atoms with Crippen molar-refractivity contribution in [2.75, 3.05) is 0 Å². The van der Waals surface area contributed by atoms with E-state index in [-0.39, 0.29) is 0 Å². The van der Waals surface area contributed by atoms with Crippen LogP contribution in [0.15, 0.2) is 18.2 Å². The van der Waals surface area contributed by atoms with Crippen molar-refractivity contribution in [3.8, 4) is 0 Å². The molecule has 1 aliphatic carbocycles. The van der Waals surface area contributed by atoms with Crippen LogP contribution in [0.1, 0.15) is 49.8 Å². The highest BCUT2D eigenvalue weighted by Gasteiger charge is 2.07. The molecule has 0 radical (unpaired) electrons. The van der Waals surface area contributed by atoms with E-state index in [1.165, 1.54) is 37.7 Å². The summed E-state index contributed by atoms with van der Waals surface area (Å²) in [5.74, 6) is 0. The fraction of sp³-hybridized carbons (Fsp3) is 0.571. The molecule has 0 saturated heterocycles. The van der Waals surface area contributed by atoms with Crippen LogP contribution in [0.3, 0.4) is 0 Å². The van der Waals surface area contributed by atoms with Crippen LogP contribution >= 0.6 is 0 Å². The Hall–Kier alpha value is -0.780. The first-order valence-electron chi connectivity index (χ1n) is 5.86. The Labute approximate surface area is 88.4 Å². The summed E-state index contributed by atoms with van der Waals surface area (Å²) < 4.78 is 0. The minimum absolute atomic E-state index is 1.25. The summed E-state index contributed by atoms with van der Waals surface area (Å²) in [6, 6.07) is 6.86. The third kappa shape index (κ3) is 3.17. The lowest BCUT2D eigenvalue weighted by Gasteiger charge is -2.15. The SMILES string of the molecule is CCC.Cc1ccc2c(c1)CCCC2. The van der Waals surface area contributed by atoms with E-state index < -0.39 is 0 Å². The molecule has 1 aliphatic rings. The van der Waals surface area contributed by atoms with Gasteiger partial charge in [-0.2, -0.15) is 0 Å². The molecule has 0 aromatic heterocycles. The third-order valence-corrected chi connectivity index (χ3v) is 2.50. The van der Waals surface area contributed by atoms with Crippen LogP contribution in [-0.4, -0.2) is 0 Å². The molecule has 0 heterocycles. The maximum absolute atomic E-state index is 2.34. The molecule has 1 aromatic carbocycles. The predicted molar refractivity (Wildman–Crippen MR) is 63.8 cm³/mol. The van der Waals surface area contributed by atoms with Gasteiger partial charge in [0.2, 0.25) is 0 Å². The van der Waals surface area contributed by atoms with E-state index in [4.69, 9.17) is 0 Å². The van der Waals surface area contributed by atoms with E-state index in [1.807, 2.05) is 0 Å². The summed E-state index contributed by atoms with van der Waals surface area (Å²) in [6.45, 7) is 6.43. The molecule has 0 atom stereocenters. The van der Waals surface area contributed by atoms with Crippen LogP contribution in [0.25, 0.3) is 0 Å². The highest BCUT2D eigenvalue weighted by Crippen LogP contribution is 2.21. The molecule has 0 spiro atoms. The first-order chi connectivity index (χ1) is 6.77. The third-order valence-electron chi connectivity index (χ3n) is 2.50. The van der Waals surface area contributed by atoms with Crippen molar-refractivity contribution in [1.29, 1.82) is 0 Å². The Morgan fingerprint density at radius 3 is 2.21 bits per heavy atom. The second-order valence-corrected chi connectivity index (χ2v) is 4.19. The van der Waals surface area contributed by atoms with Gasteiger partial charge in [0.25, 0.3) is 0 Å². The quantitative estimate of drug-likeness (QED) is 0.572. The van der Waals surface area contributed by atoms with Crippen LogP contribution in [-0.2, 0) is 12.8 Å².